The Morgan fingerprint density at radius 3 is 2.19 bits per heavy atom. The number of nitrogens with zero attached hydrogens (tertiary/aromatic N) is 2. The first kappa shape index (κ1) is 17.8. The Hall–Kier alpha value is -1.21. The molecule has 120 valence electrons. The van der Waals surface area contributed by atoms with Gasteiger partial charge in [0.05, 0.1) is 19.8 Å². The summed E-state index contributed by atoms with van der Waals surface area (Å²) in [5.41, 5.74) is 1.16. The Morgan fingerprint density at radius 2 is 1.67 bits per heavy atom. The van der Waals surface area contributed by atoms with Crippen LogP contribution in [0.4, 0.5) is 5.82 Å². The average molecular weight is 297 g/mol. The molecule has 21 heavy (non-hydrogen) atoms. The van der Waals surface area contributed by atoms with Crippen LogP contribution < -0.4 is 10.2 Å². The van der Waals surface area contributed by atoms with E-state index in [0.717, 1.165) is 37.6 Å². The van der Waals surface area contributed by atoms with Crippen molar-refractivity contribution in [1.82, 2.24) is 10.3 Å². The second-order valence-electron chi connectivity index (χ2n) is 4.67. The number of hydrogen-bond acceptors (Lipinski definition) is 6. The summed E-state index contributed by atoms with van der Waals surface area (Å²) in [4.78, 5) is 6.69. The topological polar surface area (TPSA) is 55.9 Å². The molecule has 0 saturated carbocycles. The predicted octanol–water partition coefficient (Wildman–Crippen LogP) is 0.917. The van der Waals surface area contributed by atoms with Crippen LogP contribution in [0, 0.1) is 0 Å². The normalized spacial score (nSPS) is 10.8. The van der Waals surface area contributed by atoms with Crippen LogP contribution in [-0.4, -0.2) is 65.8 Å². The average Bonchev–Trinajstić information content (AvgIpc) is 2.53. The third kappa shape index (κ3) is 7.38. The van der Waals surface area contributed by atoms with Crippen molar-refractivity contribution in [3.8, 4) is 0 Å². The number of nitrogens with one attached hydrogen (secondary N) is 1. The molecule has 6 nitrogen and oxygen atoms in total. The third-order valence-corrected chi connectivity index (χ3v) is 3.08. The van der Waals surface area contributed by atoms with Crippen molar-refractivity contribution in [3.63, 3.8) is 0 Å². The molecule has 1 N–H and O–H groups in total. The molecule has 0 aliphatic carbocycles. The summed E-state index contributed by atoms with van der Waals surface area (Å²) >= 11 is 0. The zero-order chi connectivity index (χ0) is 15.3. The highest BCUT2D eigenvalue weighted by Crippen LogP contribution is 2.11. The van der Waals surface area contributed by atoms with Crippen LogP contribution in [0.3, 0.4) is 0 Å². The SMILES string of the molecule is COCCNCc1ccc(N(CCOC)CCOC)nc1. The molecule has 1 rings (SSSR count). The minimum Gasteiger partial charge on any atom is -0.383 e. The molecule has 0 aliphatic heterocycles. The number of ether oxygens (including phenoxy) is 3. The minimum absolute atomic E-state index is 0.672. The van der Waals surface area contributed by atoms with Crippen LogP contribution in [-0.2, 0) is 20.8 Å². The molecule has 0 atom stereocenters. The van der Waals surface area contributed by atoms with Gasteiger partial charge in [0, 0.05) is 53.7 Å². The van der Waals surface area contributed by atoms with Crippen molar-refractivity contribution in [2.75, 3.05) is 65.7 Å². The zero-order valence-electron chi connectivity index (χ0n) is 13.3. The molecule has 6 heteroatoms. The first-order valence-corrected chi connectivity index (χ1v) is 7.19. The van der Waals surface area contributed by atoms with E-state index in [1.54, 1.807) is 21.3 Å². The van der Waals surface area contributed by atoms with Gasteiger partial charge in [-0.1, -0.05) is 6.07 Å². The Labute approximate surface area is 127 Å². The summed E-state index contributed by atoms with van der Waals surface area (Å²) in [6, 6.07) is 4.13. The van der Waals surface area contributed by atoms with Gasteiger partial charge >= 0.3 is 0 Å². The lowest BCUT2D eigenvalue weighted by molar-refractivity contribution is 0.190. The molecule has 0 spiro atoms. The van der Waals surface area contributed by atoms with Gasteiger partial charge in [-0.05, 0) is 11.6 Å². The molecule has 0 aromatic carbocycles. The van der Waals surface area contributed by atoms with E-state index in [9.17, 15) is 0 Å². The highest BCUT2D eigenvalue weighted by molar-refractivity contribution is 5.39. The molecule has 0 unspecified atom stereocenters. The Bertz CT molecular complexity index is 352. The van der Waals surface area contributed by atoms with Gasteiger partial charge in [-0.15, -0.1) is 0 Å². The van der Waals surface area contributed by atoms with Crippen LogP contribution in [0.1, 0.15) is 5.56 Å². The largest absolute Gasteiger partial charge is 0.383 e. The molecular formula is C15H27N3O3. The van der Waals surface area contributed by atoms with Crippen molar-refractivity contribution in [1.29, 1.82) is 0 Å². The van der Waals surface area contributed by atoms with E-state index in [2.05, 4.69) is 21.3 Å². The molecule has 0 amide bonds. The molecule has 1 aromatic rings. The summed E-state index contributed by atoms with van der Waals surface area (Å²) in [7, 11) is 5.11. The quantitative estimate of drug-likeness (QED) is 0.579. The fraction of sp³-hybridized carbons (Fsp3) is 0.667. The van der Waals surface area contributed by atoms with E-state index >= 15 is 0 Å². The summed E-state index contributed by atoms with van der Waals surface area (Å²) in [6.07, 6.45) is 1.90. The second kappa shape index (κ2) is 11.4. The van der Waals surface area contributed by atoms with E-state index in [0.29, 0.717) is 19.8 Å². The maximum atomic E-state index is 5.14. The van der Waals surface area contributed by atoms with Crippen molar-refractivity contribution < 1.29 is 14.2 Å². The van der Waals surface area contributed by atoms with E-state index in [1.807, 2.05) is 12.3 Å². The molecule has 0 radical (unpaired) electrons. The van der Waals surface area contributed by atoms with Crippen LogP contribution in [0.2, 0.25) is 0 Å². The van der Waals surface area contributed by atoms with E-state index in [4.69, 9.17) is 14.2 Å². The molecule has 1 aromatic heterocycles. The number of anilines is 1. The monoisotopic (exact) mass is 297 g/mol. The van der Waals surface area contributed by atoms with E-state index in [-0.39, 0.29) is 0 Å². The standard InChI is InChI=1S/C15H27N3O3/c1-19-9-6-16-12-14-4-5-15(17-13-14)18(7-10-20-2)8-11-21-3/h4-5,13,16H,6-12H2,1-3H3. The third-order valence-electron chi connectivity index (χ3n) is 3.08. The Balaban J connectivity index is 2.51. The van der Waals surface area contributed by atoms with E-state index in [1.165, 1.54) is 0 Å². The minimum atomic E-state index is 0.672. The number of rotatable bonds is 12. The summed E-state index contributed by atoms with van der Waals surface area (Å²) in [6.45, 7) is 5.31. The first-order chi connectivity index (χ1) is 10.3. The van der Waals surface area contributed by atoms with Crippen LogP contribution in [0.15, 0.2) is 18.3 Å². The lowest BCUT2D eigenvalue weighted by Gasteiger charge is -2.23. The lowest BCUT2D eigenvalue weighted by Crippen LogP contribution is -2.31. The summed E-state index contributed by atoms with van der Waals surface area (Å²) in [5.74, 6) is 0.949. The molecule has 0 aliphatic rings. The molecule has 1 heterocycles. The van der Waals surface area contributed by atoms with Crippen molar-refractivity contribution in [3.05, 3.63) is 23.9 Å². The lowest BCUT2D eigenvalue weighted by atomic mass is 10.2. The van der Waals surface area contributed by atoms with Gasteiger partial charge in [-0.3, -0.25) is 0 Å². The van der Waals surface area contributed by atoms with Gasteiger partial charge in [0.2, 0.25) is 0 Å². The van der Waals surface area contributed by atoms with Gasteiger partial charge in [0.1, 0.15) is 5.82 Å². The Morgan fingerprint density at radius 1 is 1.00 bits per heavy atom. The van der Waals surface area contributed by atoms with E-state index < -0.39 is 0 Å². The highest BCUT2D eigenvalue weighted by Gasteiger charge is 2.07. The van der Waals surface area contributed by atoms with Gasteiger partial charge in [-0.25, -0.2) is 4.98 Å². The zero-order valence-corrected chi connectivity index (χ0v) is 13.3. The summed E-state index contributed by atoms with van der Waals surface area (Å²) in [5, 5.41) is 3.30. The van der Waals surface area contributed by atoms with Gasteiger partial charge in [-0.2, -0.15) is 0 Å². The van der Waals surface area contributed by atoms with Gasteiger partial charge in [0.15, 0.2) is 0 Å². The molecular weight excluding hydrogens is 270 g/mol. The first-order valence-electron chi connectivity index (χ1n) is 7.19. The number of methoxy groups -OCH3 is 3. The second-order valence-corrected chi connectivity index (χ2v) is 4.67. The number of aromatic nitrogens is 1. The number of pyridine rings is 1. The van der Waals surface area contributed by atoms with Crippen LogP contribution >= 0.6 is 0 Å². The van der Waals surface area contributed by atoms with Crippen molar-refractivity contribution in [2.24, 2.45) is 0 Å². The van der Waals surface area contributed by atoms with Crippen LogP contribution in [0.25, 0.3) is 0 Å². The van der Waals surface area contributed by atoms with Gasteiger partial charge in [0.25, 0.3) is 0 Å². The molecule has 0 bridgehead atoms. The van der Waals surface area contributed by atoms with Crippen molar-refractivity contribution >= 4 is 5.82 Å². The molecule has 0 fully saturated rings. The van der Waals surface area contributed by atoms with Crippen molar-refractivity contribution in [2.45, 2.75) is 6.54 Å². The Kier molecular flexibility index (Phi) is 9.73. The summed E-state index contributed by atoms with van der Waals surface area (Å²) < 4.78 is 15.3. The number of hydrogen-bond donors (Lipinski definition) is 1. The smallest absolute Gasteiger partial charge is 0.128 e. The highest BCUT2D eigenvalue weighted by atomic mass is 16.5. The maximum Gasteiger partial charge on any atom is 0.128 e. The fourth-order valence-electron chi connectivity index (χ4n) is 1.86. The molecule has 0 saturated heterocycles. The fourth-order valence-corrected chi connectivity index (χ4v) is 1.86. The predicted molar refractivity (Wildman–Crippen MR) is 83.8 cm³/mol. The van der Waals surface area contributed by atoms with Gasteiger partial charge < -0.3 is 24.4 Å². The van der Waals surface area contributed by atoms with Crippen LogP contribution in [0.5, 0.6) is 0 Å². The maximum absolute atomic E-state index is 5.14.